The SMILES string of the molecule is CCN(CC(=O)O)S(=O)(=O)c1c(F)cccc1F. The highest BCUT2D eigenvalue weighted by Crippen LogP contribution is 2.22. The fourth-order valence-electron chi connectivity index (χ4n) is 1.38. The second kappa shape index (κ2) is 5.40. The van der Waals surface area contributed by atoms with Crippen LogP contribution in [-0.2, 0) is 14.8 Å². The number of carbonyl (C=O) groups is 1. The Morgan fingerprint density at radius 1 is 1.33 bits per heavy atom. The van der Waals surface area contributed by atoms with Crippen molar-refractivity contribution in [3.05, 3.63) is 29.8 Å². The second-order valence-electron chi connectivity index (χ2n) is 3.38. The van der Waals surface area contributed by atoms with Crippen molar-refractivity contribution in [3.8, 4) is 0 Å². The Morgan fingerprint density at radius 3 is 2.22 bits per heavy atom. The highest BCUT2D eigenvalue weighted by atomic mass is 32.2. The van der Waals surface area contributed by atoms with Gasteiger partial charge in [-0.2, -0.15) is 4.31 Å². The van der Waals surface area contributed by atoms with Gasteiger partial charge >= 0.3 is 5.97 Å². The standard InChI is InChI=1S/C10H11F2NO4S/c1-2-13(6-9(14)15)18(16,17)10-7(11)4-3-5-8(10)12/h3-5H,2,6H2,1H3,(H,14,15). The number of likely N-dealkylation sites (N-methyl/N-ethyl adjacent to an activating group) is 1. The molecule has 0 atom stereocenters. The number of sulfonamides is 1. The van der Waals surface area contributed by atoms with Gasteiger partial charge in [0.15, 0.2) is 4.90 Å². The highest BCUT2D eigenvalue weighted by Gasteiger charge is 2.30. The van der Waals surface area contributed by atoms with Gasteiger partial charge in [0.05, 0.1) is 0 Å². The van der Waals surface area contributed by atoms with E-state index in [4.69, 9.17) is 5.11 Å². The first-order valence-corrected chi connectivity index (χ1v) is 6.40. The lowest BCUT2D eigenvalue weighted by molar-refractivity contribution is -0.137. The Kier molecular flexibility index (Phi) is 4.36. The summed E-state index contributed by atoms with van der Waals surface area (Å²) < 4.78 is 51.1. The molecule has 18 heavy (non-hydrogen) atoms. The lowest BCUT2D eigenvalue weighted by Crippen LogP contribution is -2.36. The molecule has 0 aromatic heterocycles. The fourth-order valence-corrected chi connectivity index (χ4v) is 2.88. The van der Waals surface area contributed by atoms with Gasteiger partial charge in [-0.05, 0) is 12.1 Å². The van der Waals surface area contributed by atoms with E-state index in [2.05, 4.69) is 0 Å². The molecule has 0 radical (unpaired) electrons. The first-order chi connectivity index (χ1) is 8.30. The van der Waals surface area contributed by atoms with Gasteiger partial charge in [-0.15, -0.1) is 0 Å². The molecule has 0 aliphatic carbocycles. The third-order valence-electron chi connectivity index (χ3n) is 2.18. The summed E-state index contributed by atoms with van der Waals surface area (Å²) in [7, 11) is -4.51. The molecule has 1 N–H and O–H groups in total. The van der Waals surface area contributed by atoms with E-state index in [9.17, 15) is 22.0 Å². The quantitative estimate of drug-likeness (QED) is 0.874. The Balaban J connectivity index is 3.32. The maximum absolute atomic E-state index is 13.4. The summed E-state index contributed by atoms with van der Waals surface area (Å²) in [5.41, 5.74) is 0. The summed E-state index contributed by atoms with van der Waals surface area (Å²) in [5.74, 6) is -3.91. The van der Waals surface area contributed by atoms with Crippen LogP contribution in [0.1, 0.15) is 6.92 Å². The van der Waals surface area contributed by atoms with E-state index >= 15 is 0 Å². The number of hydrogen-bond donors (Lipinski definition) is 1. The van der Waals surface area contributed by atoms with Crippen molar-refractivity contribution in [2.75, 3.05) is 13.1 Å². The summed E-state index contributed by atoms with van der Waals surface area (Å²) in [5, 5.41) is 8.57. The van der Waals surface area contributed by atoms with E-state index in [1.807, 2.05) is 0 Å². The molecule has 8 heteroatoms. The van der Waals surface area contributed by atoms with Gasteiger partial charge in [0.25, 0.3) is 0 Å². The molecule has 0 saturated carbocycles. The van der Waals surface area contributed by atoms with Crippen LogP contribution in [0.4, 0.5) is 8.78 Å². The summed E-state index contributed by atoms with van der Waals surface area (Å²) in [4.78, 5) is 9.39. The number of hydrogen-bond acceptors (Lipinski definition) is 3. The first-order valence-electron chi connectivity index (χ1n) is 4.96. The van der Waals surface area contributed by atoms with Crippen molar-refractivity contribution in [1.82, 2.24) is 4.31 Å². The second-order valence-corrected chi connectivity index (χ2v) is 5.25. The Labute approximate surface area is 103 Å². The fraction of sp³-hybridized carbons (Fsp3) is 0.300. The lowest BCUT2D eigenvalue weighted by atomic mass is 10.3. The van der Waals surface area contributed by atoms with Crippen LogP contribution in [0, 0.1) is 11.6 Å². The third kappa shape index (κ3) is 2.82. The van der Waals surface area contributed by atoms with Gasteiger partial charge in [0.1, 0.15) is 18.2 Å². The maximum Gasteiger partial charge on any atom is 0.318 e. The predicted octanol–water partition coefficient (Wildman–Crippen LogP) is 1.06. The molecular weight excluding hydrogens is 268 g/mol. The van der Waals surface area contributed by atoms with Crippen LogP contribution in [0.25, 0.3) is 0 Å². The summed E-state index contributed by atoms with van der Waals surface area (Å²) in [6.07, 6.45) is 0. The van der Waals surface area contributed by atoms with Crippen LogP contribution in [0.15, 0.2) is 23.1 Å². The van der Waals surface area contributed by atoms with Crippen molar-refractivity contribution >= 4 is 16.0 Å². The van der Waals surface area contributed by atoms with Crippen LogP contribution < -0.4 is 0 Å². The number of carboxylic acid groups (broad SMARTS) is 1. The van der Waals surface area contributed by atoms with Gasteiger partial charge in [-0.1, -0.05) is 13.0 Å². The molecule has 0 fully saturated rings. The number of carboxylic acids is 1. The van der Waals surface area contributed by atoms with Crippen LogP contribution in [0.5, 0.6) is 0 Å². The highest BCUT2D eigenvalue weighted by molar-refractivity contribution is 7.89. The van der Waals surface area contributed by atoms with Crippen molar-refractivity contribution in [3.63, 3.8) is 0 Å². The van der Waals surface area contributed by atoms with Crippen LogP contribution in [-0.4, -0.2) is 36.9 Å². The minimum atomic E-state index is -4.51. The molecule has 100 valence electrons. The minimum Gasteiger partial charge on any atom is -0.480 e. The van der Waals surface area contributed by atoms with Crippen LogP contribution >= 0.6 is 0 Å². The normalized spacial score (nSPS) is 11.8. The van der Waals surface area contributed by atoms with E-state index in [-0.39, 0.29) is 6.54 Å². The van der Waals surface area contributed by atoms with Crippen LogP contribution in [0.2, 0.25) is 0 Å². The molecule has 0 heterocycles. The molecule has 0 bridgehead atoms. The molecule has 0 aliphatic rings. The summed E-state index contributed by atoms with van der Waals surface area (Å²) >= 11 is 0. The van der Waals surface area contributed by atoms with E-state index in [1.54, 1.807) is 0 Å². The van der Waals surface area contributed by atoms with Crippen molar-refractivity contribution in [2.45, 2.75) is 11.8 Å². The van der Waals surface area contributed by atoms with E-state index in [0.717, 1.165) is 18.2 Å². The van der Waals surface area contributed by atoms with Crippen molar-refractivity contribution in [2.24, 2.45) is 0 Å². The van der Waals surface area contributed by atoms with Gasteiger partial charge in [0, 0.05) is 6.54 Å². The summed E-state index contributed by atoms with van der Waals surface area (Å²) in [6.45, 7) is 0.314. The van der Waals surface area contributed by atoms with Gasteiger partial charge in [-0.25, -0.2) is 17.2 Å². The molecule has 1 aromatic carbocycles. The number of benzene rings is 1. The summed E-state index contributed by atoms with van der Waals surface area (Å²) in [6, 6.07) is 2.62. The van der Waals surface area contributed by atoms with Gasteiger partial charge < -0.3 is 5.11 Å². The molecule has 0 aliphatic heterocycles. The molecular formula is C10H11F2NO4S. The Morgan fingerprint density at radius 2 is 1.83 bits per heavy atom. The van der Waals surface area contributed by atoms with E-state index in [1.165, 1.54) is 6.92 Å². The average Bonchev–Trinajstić information content (AvgIpc) is 2.24. The number of nitrogens with zero attached hydrogens (tertiary/aromatic N) is 1. The third-order valence-corrected chi connectivity index (χ3v) is 4.15. The van der Waals surface area contributed by atoms with Crippen LogP contribution in [0.3, 0.4) is 0 Å². The molecule has 0 amide bonds. The Hall–Kier alpha value is -1.54. The van der Waals surface area contributed by atoms with E-state index < -0.39 is 39.1 Å². The Bertz CT molecular complexity index is 539. The molecule has 0 saturated heterocycles. The predicted molar refractivity (Wildman–Crippen MR) is 58.4 cm³/mol. The largest absolute Gasteiger partial charge is 0.480 e. The average molecular weight is 279 g/mol. The number of rotatable bonds is 5. The number of halogens is 2. The zero-order valence-corrected chi connectivity index (χ0v) is 10.2. The topological polar surface area (TPSA) is 74.7 Å². The maximum atomic E-state index is 13.4. The molecule has 0 spiro atoms. The van der Waals surface area contributed by atoms with Crippen molar-refractivity contribution < 1.29 is 27.1 Å². The molecule has 0 unspecified atom stereocenters. The van der Waals surface area contributed by atoms with E-state index in [0.29, 0.717) is 4.31 Å². The van der Waals surface area contributed by atoms with Gasteiger partial charge in [-0.3, -0.25) is 4.79 Å². The molecule has 5 nitrogen and oxygen atoms in total. The number of aliphatic carboxylic acids is 1. The molecule has 1 aromatic rings. The minimum absolute atomic E-state index is 0.206. The zero-order chi connectivity index (χ0) is 13.9. The lowest BCUT2D eigenvalue weighted by Gasteiger charge is -2.18. The molecule has 1 rings (SSSR count). The van der Waals surface area contributed by atoms with Crippen molar-refractivity contribution in [1.29, 1.82) is 0 Å². The smallest absolute Gasteiger partial charge is 0.318 e. The zero-order valence-electron chi connectivity index (χ0n) is 9.43. The van der Waals surface area contributed by atoms with Gasteiger partial charge in [0.2, 0.25) is 10.0 Å². The monoisotopic (exact) mass is 279 g/mol. The first kappa shape index (κ1) is 14.5.